The molecule has 0 atom stereocenters. The Morgan fingerprint density at radius 2 is 1.86 bits per heavy atom. The van der Waals surface area contributed by atoms with Gasteiger partial charge in [0.05, 0.1) is 0 Å². The summed E-state index contributed by atoms with van der Waals surface area (Å²) in [5, 5.41) is 1.00. The normalized spacial score (nSPS) is 17.1. The molecular weight excluding hydrogens is 192 g/mol. The Morgan fingerprint density at radius 3 is 2.36 bits per heavy atom. The van der Waals surface area contributed by atoms with Gasteiger partial charge in [0, 0.05) is 5.02 Å². The predicted molar refractivity (Wildman–Crippen MR) is 62.1 cm³/mol. The quantitative estimate of drug-likeness (QED) is 0.637. The van der Waals surface area contributed by atoms with E-state index in [4.69, 9.17) is 11.6 Å². The molecule has 0 radical (unpaired) electrons. The van der Waals surface area contributed by atoms with Crippen molar-refractivity contribution in [2.45, 2.75) is 44.9 Å². The fourth-order valence-electron chi connectivity index (χ4n) is 1.84. The van der Waals surface area contributed by atoms with Crippen molar-refractivity contribution in [3.8, 4) is 0 Å². The van der Waals surface area contributed by atoms with Crippen LogP contribution in [0.4, 0.5) is 0 Å². The number of hydrogen-bond acceptors (Lipinski definition) is 0. The van der Waals surface area contributed by atoms with Crippen molar-refractivity contribution in [2.75, 3.05) is 0 Å². The first-order valence-electron chi connectivity index (χ1n) is 5.29. The van der Waals surface area contributed by atoms with Crippen LogP contribution in [0.25, 0.3) is 0 Å². The lowest BCUT2D eigenvalue weighted by molar-refractivity contribution is 0.589. The van der Waals surface area contributed by atoms with E-state index in [2.05, 4.69) is 39.0 Å². The zero-order valence-electron chi connectivity index (χ0n) is 9.10. The van der Waals surface area contributed by atoms with Crippen LogP contribution >= 0.6 is 11.6 Å². The minimum Gasteiger partial charge on any atom is -0.0837 e. The molecule has 1 saturated carbocycles. The number of benzene rings is 1. The van der Waals surface area contributed by atoms with Crippen molar-refractivity contribution in [3.05, 3.63) is 34.3 Å². The van der Waals surface area contributed by atoms with Gasteiger partial charge in [-0.25, -0.2) is 0 Å². The number of rotatable bonds is 1. The molecule has 1 aromatic rings. The molecule has 14 heavy (non-hydrogen) atoms. The fraction of sp³-hybridized carbons (Fsp3) is 0.538. The third kappa shape index (κ3) is 1.81. The second kappa shape index (κ2) is 3.27. The predicted octanol–water partition coefficient (Wildman–Crippen LogP) is 4.51. The highest BCUT2D eigenvalue weighted by Gasteiger charge is 2.28. The van der Waals surface area contributed by atoms with Gasteiger partial charge in [-0.05, 0) is 35.3 Å². The van der Waals surface area contributed by atoms with Gasteiger partial charge in [-0.2, -0.15) is 0 Å². The Morgan fingerprint density at radius 1 is 1.21 bits per heavy atom. The van der Waals surface area contributed by atoms with Crippen molar-refractivity contribution >= 4 is 11.6 Å². The van der Waals surface area contributed by atoms with Gasteiger partial charge in [-0.1, -0.05) is 50.6 Å². The van der Waals surface area contributed by atoms with Gasteiger partial charge in [0.25, 0.3) is 0 Å². The van der Waals surface area contributed by atoms with Gasteiger partial charge in [0.2, 0.25) is 0 Å². The lowest BCUT2D eigenvalue weighted by atomic mass is 9.85. The smallest absolute Gasteiger partial charge is 0.0478 e. The van der Waals surface area contributed by atoms with E-state index < -0.39 is 0 Å². The van der Waals surface area contributed by atoms with E-state index >= 15 is 0 Å². The lowest BCUT2D eigenvalue weighted by Gasteiger charge is -2.22. The van der Waals surface area contributed by atoms with E-state index in [-0.39, 0.29) is 5.41 Å². The van der Waals surface area contributed by atoms with Crippen LogP contribution < -0.4 is 0 Å². The number of hydrogen-bond donors (Lipinski definition) is 0. The minimum atomic E-state index is 0.155. The van der Waals surface area contributed by atoms with Gasteiger partial charge in [0.1, 0.15) is 0 Å². The van der Waals surface area contributed by atoms with Crippen LogP contribution in [-0.2, 0) is 5.41 Å². The molecule has 1 aliphatic rings. The molecule has 1 aliphatic carbocycles. The average Bonchev–Trinajstić information content (AvgIpc) is 2.85. The monoisotopic (exact) mass is 208 g/mol. The summed E-state index contributed by atoms with van der Waals surface area (Å²) in [5.41, 5.74) is 2.80. The van der Waals surface area contributed by atoms with Crippen LogP contribution in [0.1, 0.15) is 50.7 Å². The molecule has 0 heterocycles. The lowest BCUT2D eigenvalue weighted by Crippen LogP contribution is -2.12. The maximum Gasteiger partial charge on any atom is 0.0478 e. The Kier molecular flexibility index (Phi) is 2.35. The standard InChI is InChI=1S/C13H17Cl/c1-13(2,3)11-6-4-5-10(12(11)14)9-7-8-9/h4-6,9H,7-8H2,1-3H3. The second-order valence-electron chi connectivity index (χ2n) is 5.23. The summed E-state index contributed by atoms with van der Waals surface area (Å²) in [7, 11) is 0. The van der Waals surface area contributed by atoms with Gasteiger partial charge in [-0.3, -0.25) is 0 Å². The molecule has 0 N–H and O–H groups in total. The van der Waals surface area contributed by atoms with Crippen molar-refractivity contribution in [1.29, 1.82) is 0 Å². The number of halogens is 1. The molecule has 0 saturated heterocycles. The molecular formula is C13H17Cl. The largest absolute Gasteiger partial charge is 0.0837 e. The van der Waals surface area contributed by atoms with E-state index in [1.807, 2.05) is 0 Å². The second-order valence-corrected chi connectivity index (χ2v) is 5.61. The first-order valence-corrected chi connectivity index (χ1v) is 5.67. The third-order valence-corrected chi connectivity index (χ3v) is 3.28. The van der Waals surface area contributed by atoms with Crippen molar-refractivity contribution in [2.24, 2.45) is 0 Å². The molecule has 0 bridgehead atoms. The third-order valence-electron chi connectivity index (χ3n) is 2.85. The van der Waals surface area contributed by atoms with Crippen molar-refractivity contribution in [3.63, 3.8) is 0 Å². The van der Waals surface area contributed by atoms with Gasteiger partial charge in [-0.15, -0.1) is 0 Å². The first kappa shape index (κ1) is 10.0. The summed E-state index contributed by atoms with van der Waals surface area (Å²) in [6, 6.07) is 6.46. The molecule has 0 aliphatic heterocycles. The molecule has 0 amide bonds. The molecule has 1 heteroatoms. The van der Waals surface area contributed by atoms with E-state index in [1.165, 1.54) is 24.0 Å². The Balaban J connectivity index is 2.46. The highest BCUT2D eigenvalue weighted by atomic mass is 35.5. The van der Waals surface area contributed by atoms with Crippen molar-refractivity contribution < 1.29 is 0 Å². The molecule has 76 valence electrons. The van der Waals surface area contributed by atoms with E-state index in [0.717, 1.165) is 10.9 Å². The summed E-state index contributed by atoms with van der Waals surface area (Å²) < 4.78 is 0. The Bertz CT molecular complexity index is 343. The molecule has 2 rings (SSSR count). The van der Waals surface area contributed by atoms with E-state index in [9.17, 15) is 0 Å². The highest BCUT2D eigenvalue weighted by Crippen LogP contribution is 2.45. The maximum atomic E-state index is 6.43. The molecule has 0 spiro atoms. The summed E-state index contributed by atoms with van der Waals surface area (Å²) in [5.74, 6) is 0.741. The topological polar surface area (TPSA) is 0 Å². The zero-order chi connectivity index (χ0) is 10.3. The summed E-state index contributed by atoms with van der Waals surface area (Å²) >= 11 is 6.43. The zero-order valence-corrected chi connectivity index (χ0v) is 9.86. The molecule has 0 unspecified atom stereocenters. The van der Waals surface area contributed by atoms with E-state index in [1.54, 1.807) is 0 Å². The van der Waals surface area contributed by atoms with Gasteiger partial charge < -0.3 is 0 Å². The van der Waals surface area contributed by atoms with Crippen LogP contribution in [0.3, 0.4) is 0 Å². The first-order chi connectivity index (χ1) is 6.50. The Hall–Kier alpha value is -0.490. The molecule has 0 nitrogen and oxygen atoms in total. The van der Waals surface area contributed by atoms with E-state index in [0.29, 0.717) is 0 Å². The fourth-order valence-corrected chi connectivity index (χ4v) is 2.40. The summed E-state index contributed by atoms with van der Waals surface area (Å²) in [4.78, 5) is 0. The SMILES string of the molecule is CC(C)(C)c1cccc(C2CC2)c1Cl. The summed E-state index contributed by atoms with van der Waals surface area (Å²) in [6.45, 7) is 6.64. The molecule has 1 aromatic carbocycles. The molecule has 0 aromatic heterocycles. The summed E-state index contributed by atoms with van der Waals surface area (Å²) in [6.07, 6.45) is 2.63. The maximum absolute atomic E-state index is 6.43. The van der Waals surface area contributed by atoms with Crippen molar-refractivity contribution in [1.82, 2.24) is 0 Å². The Labute approximate surface area is 91.3 Å². The highest BCUT2D eigenvalue weighted by molar-refractivity contribution is 6.32. The van der Waals surface area contributed by atoms with Crippen LogP contribution in [0.15, 0.2) is 18.2 Å². The van der Waals surface area contributed by atoms with Crippen LogP contribution in [0.2, 0.25) is 5.02 Å². The van der Waals surface area contributed by atoms with Gasteiger partial charge in [0.15, 0.2) is 0 Å². The van der Waals surface area contributed by atoms with Crippen LogP contribution in [0, 0.1) is 0 Å². The van der Waals surface area contributed by atoms with Crippen LogP contribution in [-0.4, -0.2) is 0 Å². The average molecular weight is 209 g/mol. The van der Waals surface area contributed by atoms with Crippen LogP contribution in [0.5, 0.6) is 0 Å². The minimum absolute atomic E-state index is 0.155. The van der Waals surface area contributed by atoms with Gasteiger partial charge >= 0.3 is 0 Å². The molecule has 1 fully saturated rings.